The number of para-hydroxylation sites is 2. The molecule has 0 unspecified atom stereocenters. The van der Waals surface area contributed by atoms with E-state index in [0.29, 0.717) is 23.5 Å². The molecule has 0 spiro atoms. The number of hydrogen-bond donors (Lipinski definition) is 0. The van der Waals surface area contributed by atoms with E-state index in [2.05, 4.69) is 0 Å². The van der Waals surface area contributed by atoms with Crippen LogP contribution in [0.2, 0.25) is 0 Å². The van der Waals surface area contributed by atoms with E-state index >= 15 is 0 Å². The highest BCUT2D eigenvalue weighted by atomic mass is 35.5. The summed E-state index contributed by atoms with van der Waals surface area (Å²) in [5, 5.41) is -0.491. The summed E-state index contributed by atoms with van der Waals surface area (Å²) in [7, 11) is 0. The lowest BCUT2D eigenvalue weighted by Crippen LogP contribution is -2.41. The van der Waals surface area contributed by atoms with E-state index in [-0.39, 0.29) is 0 Å². The first-order valence-electron chi connectivity index (χ1n) is 7.24. The number of carbonyl (C=O) groups is 1. The zero-order valence-electron chi connectivity index (χ0n) is 12.3. The highest BCUT2D eigenvalue weighted by molar-refractivity contribution is 6.68. The van der Waals surface area contributed by atoms with Gasteiger partial charge in [-0.2, -0.15) is 0 Å². The fourth-order valence-electron chi connectivity index (χ4n) is 2.30. The summed E-state index contributed by atoms with van der Waals surface area (Å²) >= 11 is 5.53. The smallest absolute Gasteiger partial charge is 0.274 e. The molecule has 4 heteroatoms. The zero-order chi connectivity index (χ0) is 16.1. The molecule has 2 aromatic rings. The van der Waals surface area contributed by atoms with Gasteiger partial charge in [-0.05, 0) is 41.9 Å². The Hall–Kier alpha value is -2.52. The molecule has 0 fully saturated rings. The second-order valence-electron chi connectivity index (χ2n) is 5.11. The monoisotopic (exact) mass is 326 g/mol. The van der Waals surface area contributed by atoms with Crippen LogP contribution in [-0.2, 0) is 4.79 Å². The molecule has 0 atom stereocenters. The highest BCUT2D eigenvalue weighted by Crippen LogP contribution is 2.31. The molecule has 0 aromatic heterocycles. The molecular weight excluding hydrogens is 312 g/mol. The predicted molar refractivity (Wildman–Crippen MR) is 89.6 cm³/mol. The van der Waals surface area contributed by atoms with Gasteiger partial charge in [-0.25, -0.2) is 0 Å². The van der Waals surface area contributed by atoms with Crippen molar-refractivity contribution in [2.24, 2.45) is 0 Å². The van der Waals surface area contributed by atoms with Gasteiger partial charge in [0.05, 0.1) is 0 Å². The number of carbonyl (C=O) groups excluding carboxylic acids is 1. The van der Waals surface area contributed by atoms with E-state index < -0.39 is 11.0 Å². The van der Waals surface area contributed by atoms with Crippen LogP contribution in [0.5, 0.6) is 11.5 Å². The lowest BCUT2D eigenvalue weighted by Gasteiger charge is -2.33. The van der Waals surface area contributed by atoms with Gasteiger partial charge in [-0.3, -0.25) is 4.79 Å². The maximum absolute atomic E-state index is 11.3. The molecule has 1 aliphatic carbocycles. The maximum Gasteiger partial charge on any atom is 0.274 e. The minimum Gasteiger partial charge on any atom is -0.448 e. The Balaban J connectivity index is 1.88. The van der Waals surface area contributed by atoms with E-state index in [1.165, 1.54) is 0 Å². The third-order valence-corrected chi connectivity index (χ3v) is 3.64. The van der Waals surface area contributed by atoms with Crippen molar-refractivity contribution in [3.8, 4) is 11.5 Å². The first kappa shape index (κ1) is 15.4. The van der Waals surface area contributed by atoms with Gasteiger partial charge >= 0.3 is 0 Å². The molecule has 0 aliphatic heterocycles. The Morgan fingerprint density at radius 1 is 0.913 bits per heavy atom. The number of hydrogen-bond acceptors (Lipinski definition) is 3. The molecule has 1 aliphatic rings. The number of rotatable bonds is 5. The fourth-order valence-corrected chi connectivity index (χ4v) is 2.44. The standard InChI is InChI=1S/C19H15ClO3/c20-18(21)15-11-13-19(14-12-15,22-16-7-3-1-4-8-16)23-17-9-5-2-6-10-17/h1-13H,14H2. The van der Waals surface area contributed by atoms with Crippen LogP contribution in [0.3, 0.4) is 0 Å². The molecular formula is C19H15ClO3. The summed E-state index contributed by atoms with van der Waals surface area (Å²) in [6, 6.07) is 18.8. The van der Waals surface area contributed by atoms with Crippen molar-refractivity contribution in [2.75, 3.05) is 0 Å². The summed E-state index contributed by atoms with van der Waals surface area (Å²) in [5.41, 5.74) is 0.440. The van der Waals surface area contributed by atoms with Crippen LogP contribution >= 0.6 is 11.6 Å². The molecule has 0 heterocycles. The predicted octanol–water partition coefficient (Wildman–Crippen LogP) is 4.49. The van der Waals surface area contributed by atoms with Crippen LogP contribution < -0.4 is 9.47 Å². The van der Waals surface area contributed by atoms with Crippen molar-refractivity contribution >= 4 is 16.8 Å². The summed E-state index contributed by atoms with van der Waals surface area (Å²) < 4.78 is 12.1. The second-order valence-corrected chi connectivity index (χ2v) is 5.46. The Bertz CT molecular complexity index is 694. The number of ether oxygens (including phenoxy) is 2. The van der Waals surface area contributed by atoms with Crippen molar-refractivity contribution in [2.45, 2.75) is 12.2 Å². The van der Waals surface area contributed by atoms with Gasteiger partial charge in [-0.1, -0.05) is 42.5 Å². The van der Waals surface area contributed by atoms with Crippen molar-refractivity contribution in [3.05, 3.63) is 84.5 Å². The molecule has 0 saturated carbocycles. The Kier molecular flexibility index (Phi) is 4.49. The Labute approximate surface area is 139 Å². The molecule has 116 valence electrons. The molecule has 0 saturated heterocycles. The first-order valence-corrected chi connectivity index (χ1v) is 7.62. The van der Waals surface area contributed by atoms with Gasteiger partial charge in [0.15, 0.2) is 0 Å². The zero-order valence-corrected chi connectivity index (χ0v) is 13.1. The van der Waals surface area contributed by atoms with E-state index in [1.807, 2.05) is 60.7 Å². The Morgan fingerprint density at radius 3 is 1.83 bits per heavy atom. The lowest BCUT2D eigenvalue weighted by molar-refractivity contribution is -0.108. The van der Waals surface area contributed by atoms with Crippen LogP contribution in [-0.4, -0.2) is 11.0 Å². The van der Waals surface area contributed by atoms with Crippen molar-refractivity contribution < 1.29 is 14.3 Å². The van der Waals surface area contributed by atoms with Gasteiger partial charge in [0.25, 0.3) is 11.0 Å². The van der Waals surface area contributed by atoms with Crippen LogP contribution in [0, 0.1) is 0 Å². The van der Waals surface area contributed by atoms with Crippen LogP contribution in [0.25, 0.3) is 0 Å². The number of allylic oxidation sites excluding steroid dienone is 2. The summed E-state index contributed by atoms with van der Waals surface area (Å²) in [6.45, 7) is 0. The molecule has 0 amide bonds. The lowest BCUT2D eigenvalue weighted by atomic mass is 10.0. The molecule has 0 radical (unpaired) electrons. The maximum atomic E-state index is 11.3. The first-order chi connectivity index (χ1) is 11.2. The van der Waals surface area contributed by atoms with Crippen LogP contribution in [0.1, 0.15) is 6.42 Å². The summed E-state index contributed by atoms with van der Waals surface area (Å²) in [5.74, 6) is 0.350. The van der Waals surface area contributed by atoms with Gasteiger partial charge in [0.1, 0.15) is 11.5 Å². The molecule has 3 rings (SSSR count). The Morgan fingerprint density at radius 2 is 1.43 bits per heavy atom. The minimum absolute atomic E-state index is 0.376. The SMILES string of the molecule is O=C(Cl)C1=CCC(Oc2ccccc2)(Oc2ccccc2)C=C1. The quantitative estimate of drug-likeness (QED) is 0.600. The summed E-state index contributed by atoms with van der Waals surface area (Å²) in [4.78, 5) is 11.3. The molecule has 3 nitrogen and oxygen atoms in total. The average Bonchev–Trinajstić information content (AvgIpc) is 2.57. The molecule has 0 bridgehead atoms. The highest BCUT2D eigenvalue weighted by Gasteiger charge is 2.34. The normalized spacial score (nSPS) is 15.6. The van der Waals surface area contributed by atoms with E-state index in [4.69, 9.17) is 21.1 Å². The van der Waals surface area contributed by atoms with Crippen molar-refractivity contribution in [1.29, 1.82) is 0 Å². The minimum atomic E-state index is -1.02. The third-order valence-electron chi connectivity index (χ3n) is 3.42. The molecule has 23 heavy (non-hydrogen) atoms. The van der Waals surface area contributed by atoms with Crippen molar-refractivity contribution in [1.82, 2.24) is 0 Å². The van der Waals surface area contributed by atoms with Gasteiger partial charge in [0.2, 0.25) is 0 Å². The van der Waals surface area contributed by atoms with Crippen LogP contribution in [0.4, 0.5) is 0 Å². The van der Waals surface area contributed by atoms with E-state index in [1.54, 1.807) is 18.2 Å². The number of halogens is 1. The van der Waals surface area contributed by atoms with E-state index in [0.717, 1.165) is 0 Å². The van der Waals surface area contributed by atoms with Crippen LogP contribution in [0.15, 0.2) is 84.5 Å². The molecule has 0 N–H and O–H groups in total. The van der Waals surface area contributed by atoms with Gasteiger partial charge in [-0.15, -0.1) is 0 Å². The average molecular weight is 327 g/mol. The van der Waals surface area contributed by atoms with E-state index in [9.17, 15) is 4.79 Å². The molecule has 2 aromatic carbocycles. The second kappa shape index (κ2) is 6.71. The fraction of sp³-hybridized carbons (Fsp3) is 0.105. The largest absolute Gasteiger partial charge is 0.448 e. The van der Waals surface area contributed by atoms with Gasteiger partial charge in [0, 0.05) is 18.1 Å². The van der Waals surface area contributed by atoms with Gasteiger partial charge < -0.3 is 9.47 Å². The topological polar surface area (TPSA) is 35.5 Å². The van der Waals surface area contributed by atoms with Crippen molar-refractivity contribution in [3.63, 3.8) is 0 Å². The third kappa shape index (κ3) is 3.82. The number of benzene rings is 2. The summed E-state index contributed by atoms with van der Waals surface area (Å²) in [6.07, 6.45) is 5.45.